The van der Waals surface area contributed by atoms with Crippen molar-refractivity contribution in [2.24, 2.45) is 0 Å². The summed E-state index contributed by atoms with van der Waals surface area (Å²) < 4.78 is 37.7. The standard InChI is InChI=1S/C28H32F2N8O/c1-16(2)38-17(3)35-27-21(29)8-19(9-24(27)38)20-10-26(32-13-22(20)30)36-28-33-11-18(12-34-28)14-37-6-4-23-25(15-37)39-7-5-31-23/h8-13,16,23,25,31H,4-7,14-15H2,1-3H3,(H,32,33,34,36)/t23-,25-/m1/s1. The van der Waals surface area contributed by atoms with E-state index in [-0.39, 0.29) is 23.2 Å². The number of nitrogens with zero attached hydrogens (tertiary/aromatic N) is 6. The second-order valence-corrected chi connectivity index (χ2v) is 10.5. The Morgan fingerprint density at radius 3 is 2.72 bits per heavy atom. The predicted octanol–water partition coefficient (Wildman–Crippen LogP) is 4.36. The molecule has 2 aliphatic heterocycles. The lowest BCUT2D eigenvalue weighted by Crippen LogP contribution is -2.57. The number of fused-ring (bicyclic) bond motifs is 2. The van der Waals surface area contributed by atoms with Gasteiger partial charge in [0.15, 0.2) is 5.82 Å². The van der Waals surface area contributed by atoms with Crippen molar-refractivity contribution in [3.63, 3.8) is 0 Å². The minimum atomic E-state index is -0.552. The summed E-state index contributed by atoms with van der Waals surface area (Å²) in [5.74, 6) is 0.363. The Kier molecular flexibility index (Phi) is 6.96. The minimum absolute atomic E-state index is 0.0775. The van der Waals surface area contributed by atoms with Crippen LogP contribution in [0.1, 0.15) is 37.7 Å². The van der Waals surface area contributed by atoms with Crippen molar-refractivity contribution in [2.75, 3.05) is 31.6 Å². The molecule has 0 unspecified atom stereocenters. The van der Waals surface area contributed by atoms with Crippen molar-refractivity contribution < 1.29 is 13.5 Å². The van der Waals surface area contributed by atoms with Gasteiger partial charge in [0.2, 0.25) is 5.95 Å². The van der Waals surface area contributed by atoms with Gasteiger partial charge in [0.1, 0.15) is 23.0 Å². The van der Waals surface area contributed by atoms with E-state index < -0.39 is 11.6 Å². The van der Waals surface area contributed by atoms with Crippen LogP contribution in [0.25, 0.3) is 22.2 Å². The van der Waals surface area contributed by atoms with Crippen LogP contribution in [0.5, 0.6) is 0 Å². The average Bonchev–Trinajstić information content (AvgIpc) is 3.27. The first kappa shape index (κ1) is 25.7. The number of nitrogens with one attached hydrogen (secondary N) is 2. The molecule has 3 aromatic heterocycles. The van der Waals surface area contributed by atoms with E-state index in [2.05, 4.69) is 35.5 Å². The zero-order chi connectivity index (χ0) is 27.1. The van der Waals surface area contributed by atoms with Crippen molar-refractivity contribution in [1.82, 2.24) is 34.7 Å². The summed E-state index contributed by atoms with van der Waals surface area (Å²) in [5.41, 5.74) is 2.52. The van der Waals surface area contributed by atoms with Crippen molar-refractivity contribution in [2.45, 2.75) is 51.9 Å². The topological polar surface area (TPSA) is 93.0 Å². The van der Waals surface area contributed by atoms with Crippen LogP contribution < -0.4 is 10.6 Å². The maximum absolute atomic E-state index is 15.0. The summed E-state index contributed by atoms with van der Waals surface area (Å²) in [6.07, 6.45) is 5.96. The molecule has 0 bridgehead atoms. The Morgan fingerprint density at radius 2 is 1.92 bits per heavy atom. The zero-order valence-electron chi connectivity index (χ0n) is 22.3. The summed E-state index contributed by atoms with van der Waals surface area (Å²) >= 11 is 0. The molecule has 5 heterocycles. The molecule has 11 heteroatoms. The molecule has 0 aliphatic carbocycles. The molecule has 2 atom stereocenters. The second kappa shape index (κ2) is 10.6. The van der Waals surface area contributed by atoms with E-state index in [9.17, 15) is 8.78 Å². The highest BCUT2D eigenvalue weighted by Gasteiger charge is 2.31. The summed E-state index contributed by atoms with van der Waals surface area (Å²) in [7, 11) is 0. The molecule has 0 amide bonds. The van der Waals surface area contributed by atoms with Gasteiger partial charge in [0.25, 0.3) is 0 Å². The number of aromatic nitrogens is 5. The van der Waals surface area contributed by atoms with Crippen LogP contribution in [-0.4, -0.2) is 67.8 Å². The largest absolute Gasteiger partial charge is 0.374 e. The zero-order valence-corrected chi connectivity index (χ0v) is 22.3. The Balaban J connectivity index is 1.19. The lowest BCUT2D eigenvalue weighted by Gasteiger charge is -2.41. The fourth-order valence-electron chi connectivity index (χ4n) is 5.66. The third-order valence-electron chi connectivity index (χ3n) is 7.44. The number of hydrogen-bond acceptors (Lipinski definition) is 8. The highest BCUT2D eigenvalue weighted by atomic mass is 19.1. The van der Waals surface area contributed by atoms with Gasteiger partial charge in [0.05, 0.1) is 24.4 Å². The van der Waals surface area contributed by atoms with Crippen LogP contribution in [0.2, 0.25) is 0 Å². The normalized spacial score (nSPS) is 19.9. The molecular weight excluding hydrogens is 502 g/mol. The quantitative estimate of drug-likeness (QED) is 0.377. The van der Waals surface area contributed by atoms with Crippen molar-refractivity contribution >= 4 is 22.8 Å². The first-order chi connectivity index (χ1) is 18.9. The Labute approximate surface area is 225 Å². The van der Waals surface area contributed by atoms with E-state index >= 15 is 0 Å². The molecule has 2 saturated heterocycles. The number of pyridine rings is 1. The van der Waals surface area contributed by atoms with Crippen LogP contribution in [0, 0.1) is 18.6 Å². The minimum Gasteiger partial charge on any atom is -0.374 e. The summed E-state index contributed by atoms with van der Waals surface area (Å²) in [6, 6.07) is 5.13. The maximum atomic E-state index is 15.0. The van der Waals surface area contributed by atoms with Gasteiger partial charge in [-0.25, -0.2) is 28.7 Å². The summed E-state index contributed by atoms with van der Waals surface area (Å²) in [4.78, 5) is 19.7. The molecular formula is C28H32F2N8O. The predicted molar refractivity (Wildman–Crippen MR) is 145 cm³/mol. The van der Waals surface area contributed by atoms with Gasteiger partial charge in [-0.3, -0.25) is 4.90 Å². The van der Waals surface area contributed by atoms with Gasteiger partial charge in [-0.05, 0) is 51.0 Å². The van der Waals surface area contributed by atoms with Gasteiger partial charge >= 0.3 is 0 Å². The summed E-state index contributed by atoms with van der Waals surface area (Å²) in [5, 5.41) is 6.58. The smallest absolute Gasteiger partial charge is 0.228 e. The van der Waals surface area contributed by atoms with E-state index in [0.29, 0.717) is 34.7 Å². The van der Waals surface area contributed by atoms with Gasteiger partial charge in [0, 0.05) is 61.8 Å². The first-order valence-electron chi connectivity index (χ1n) is 13.3. The fraction of sp³-hybridized carbons (Fsp3) is 0.429. The Hall–Kier alpha value is -3.54. The number of aryl methyl sites for hydroxylation is 1. The first-order valence-corrected chi connectivity index (χ1v) is 13.3. The van der Waals surface area contributed by atoms with Crippen molar-refractivity contribution in [3.05, 3.63) is 59.8 Å². The molecule has 39 heavy (non-hydrogen) atoms. The molecule has 1 aromatic carbocycles. The molecule has 2 fully saturated rings. The molecule has 0 radical (unpaired) electrons. The number of imidazole rings is 1. The number of rotatable bonds is 6. The molecule has 2 aliphatic rings. The van der Waals surface area contributed by atoms with Crippen molar-refractivity contribution in [3.8, 4) is 11.1 Å². The number of halogens is 2. The molecule has 204 valence electrons. The number of piperidine rings is 1. The highest BCUT2D eigenvalue weighted by Crippen LogP contribution is 2.32. The molecule has 0 saturated carbocycles. The summed E-state index contributed by atoms with van der Waals surface area (Å²) in [6.45, 7) is 10.1. The Morgan fingerprint density at radius 1 is 1.10 bits per heavy atom. The van der Waals surface area contributed by atoms with E-state index in [4.69, 9.17) is 4.74 Å². The van der Waals surface area contributed by atoms with E-state index in [1.807, 2.05) is 25.3 Å². The van der Waals surface area contributed by atoms with Gasteiger partial charge in [-0.1, -0.05) is 0 Å². The molecule has 0 spiro atoms. The number of hydrogen-bond donors (Lipinski definition) is 2. The van der Waals surface area contributed by atoms with Gasteiger partial charge in [-0.2, -0.15) is 0 Å². The van der Waals surface area contributed by atoms with Gasteiger partial charge in [-0.15, -0.1) is 0 Å². The van der Waals surface area contributed by atoms with E-state index in [1.54, 1.807) is 24.5 Å². The monoisotopic (exact) mass is 534 g/mol. The molecule has 4 aromatic rings. The van der Waals surface area contributed by atoms with Crippen molar-refractivity contribution in [1.29, 1.82) is 0 Å². The number of ether oxygens (including phenoxy) is 1. The molecule has 2 N–H and O–H groups in total. The third kappa shape index (κ3) is 5.21. The maximum Gasteiger partial charge on any atom is 0.228 e. The van der Waals surface area contributed by atoms with E-state index in [0.717, 1.165) is 51.0 Å². The van der Waals surface area contributed by atoms with Crippen LogP contribution in [0.4, 0.5) is 20.5 Å². The third-order valence-corrected chi connectivity index (χ3v) is 7.44. The van der Waals surface area contributed by atoms with Crippen LogP contribution >= 0.6 is 0 Å². The van der Waals surface area contributed by atoms with Crippen LogP contribution in [0.15, 0.2) is 36.8 Å². The number of morpholine rings is 1. The molecule has 9 nitrogen and oxygen atoms in total. The Bertz CT molecular complexity index is 1490. The lowest BCUT2D eigenvalue weighted by molar-refractivity contribution is -0.0489. The average molecular weight is 535 g/mol. The number of likely N-dealkylation sites (tertiary alicyclic amines) is 1. The van der Waals surface area contributed by atoms with E-state index in [1.165, 1.54) is 6.07 Å². The SMILES string of the molecule is Cc1nc2c(F)cc(-c3cc(Nc4ncc(CN5CC[C@H]6NCCO[C@@H]6C5)cn4)ncc3F)cc2n1C(C)C. The second-order valence-electron chi connectivity index (χ2n) is 10.5. The molecule has 6 rings (SSSR count). The fourth-order valence-corrected chi connectivity index (χ4v) is 5.66. The highest BCUT2D eigenvalue weighted by molar-refractivity contribution is 5.84. The van der Waals surface area contributed by atoms with Crippen LogP contribution in [0.3, 0.4) is 0 Å². The lowest BCUT2D eigenvalue weighted by atomic mass is 10.00. The number of benzene rings is 1. The van der Waals surface area contributed by atoms with Gasteiger partial charge < -0.3 is 19.9 Å². The number of anilines is 2. The van der Waals surface area contributed by atoms with Crippen LogP contribution in [-0.2, 0) is 11.3 Å².